The zero-order valence-corrected chi connectivity index (χ0v) is 13.8. The molecule has 0 amide bonds. The van der Waals surface area contributed by atoms with E-state index < -0.39 is 0 Å². The number of hydrogen-bond acceptors (Lipinski definition) is 5. The Kier molecular flexibility index (Phi) is 3.08. The predicted octanol–water partition coefficient (Wildman–Crippen LogP) is 1.72. The zero-order chi connectivity index (χ0) is 16.1. The van der Waals surface area contributed by atoms with Crippen molar-refractivity contribution < 1.29 is 0 Å². The van der Waals surface area contributed by atoms with Gasteiger partial charge in [-0.25, -0.2) is 14.5 Å². The van der Waals surface area contributed by atoms with Gasteiger partial charge in [-0.2, -0.15) is 10.2 Å². The maximum Gasteiger partial charge on any atom is 0.170 e. The van der Waals surface area contributed by atoms with Crippen molar-refractivity contribution in [3.05, 3.63) is 34.8 Å². The highest BCUT2D eigenvalue weighted by molar-refractivity contribution is 6.31. The summed E-state index contributed by atoms with van der Waals surface area (Å²) >= 11 is 6.18. The van der Waals surface area contributed by atoms with Crippen molar-refractivity contribution in [3.63, 3.8) is 0 Å². The van der Waals surface area contributed by atoms with Crippen molar-refractivity contribution in [1.82, 2.24) is 39.1 Å². The van der Waals surface area contributed by atoms with Gasteiger partial charge in [0.1, 0.15) is 6.33 Å². The van der Waals surface area contributed by atoms with E-state index in [2.05, 4.69) is 25.3 Å². The highest BCUT2D eigenvalue weighted by Crippen LogP contribution is 2.19. The van der Waals surface area contributed by atoms with E-state index in [0.717, 1.165) is 33.9 Å². The van der Waals surface area contributed by atoms with E-state index in [1.54, 1.807) is 21.7 Å². The first-order valence-corrected chi connectivity index (χ1v) is 7.64. The Bertz CT molecular complexity index is 1020. The van der Waals surface area contributed by atoms with Crippen LogP contribution < -0.4 is 0 Å². The van der Waals surface area contributed by atoms with E-state index in [9.17, 15) is 0 Å². The number of halogens is 1. The molecule has 4 aromatic heterocycles. The van der Waals surface area contributed by atoms with Gasteiger partial charge in [0.2, 0.25) is 0 Å². The van der Waals surface area contributed by atoms with Crippen LogP contribution in [0.4, 0.5) is 0 Å². The molecule has 0 fully saturated rings. The van der Waals surface area contributed by atoms with Crippen LogP contribution in [0.25, 0.3) is 16.7 Å². The lowest BCUT2D eigenvalue weighted by Gasteiger charge is -2.01. The number of aromatic nitrogens is 8. The highest BCUT2D eigenvalue weighted by atomic mass is 35.5. The number of nitrogens with zero attached hydrogens (tertiary/aromatic N) is 8. The van der Waals surface area contributed by atoms with Crippen molar-refractivity contribution in [2.75, 3.05) is 0 Å². The van der Waals surface area contributed by atoms with Crippen molar-refractivity contribution in [3.8, 4) is 0 Å². The molecular weight excluding hydrogens is 316 g/mol. The van der Waals surface area contributed by atoms with Gasteiger partial charge < -0.3 is 0 Å². The van der Waals surface area contributed by atoms with Crippen LogP contribution in [0, 0.1) is 13.8 Å². The topological polar surface area (TPSA) is 78.7 Å². The Hall–Kier alpha value is -2.48. The summed E-state index contributed by atoms with van der Waals surface area (Å²) in [6.45, 7) is 4.54. The van der Waals surface area contributed by atoms with E-state index in [1.165, 1.54) is 0 Å². The molecule has 23 heavy (non-hydrogen) atoms. The van der Waals surface area contributed by atoms with Gasteiger partial charge in [0.25, 0.3) is 0 Å². The molecule has 4 heterocycles. The molecule has 0 saturated carbocycles. The van der Waals surface area contributed by atoms with Crippen LogP contribution in [-0.2, 0) is 20.0 Å². The Labute approximate surface area is 136 Å². The van der Waals surface area contributed by atoms with E-state index in [-0.39, 0.29) is 0 Å². The van der Waals surface area contributed by atoms with Gasteiger partial charge in [0, 0.05) is 20.0 Å². The van der Waals surface area contributed by atoms with Crippen molar-refractivity contribution >= 4 is 28.3 Å². The number of rotatable bonds is 3. The van der Waals surface area contributed by atoms with Crippen LogP contribution in [0.3, 0.4) is 0 Å². The maximum atomic E-state index is 6.18. The lowest BCUT2D eigenvalue weighted by molar-refractivity contribution is 0.581. The summed E-state index contributed by atoms with van der Waals surface area (Å²) in [5, 5.41) is 14.7. The van der Waals surface area contributed by atoms with Crippen LogP contribution in [0.5, 0.6) is 0 Å². The van der Waals surface area contributed by atoms with Crippen LogP contribution in [0.2, 0.25) is 5.02 Å². The molecule has 4 aromatic rings. The van der Waals surface area contributed by atoms with Gasteiger partial charge in [-0.15, -0.1) is 5.10 Å². The second-order valence-corrected chi connectivity index (χ2v) is 5.88. The van der Waals surface area contributed by atoms with E-state index in [4.69, 9.17) is 11.6 Å². The third kappa shape index (κ3) is 2.17. The van der Waals surface area contributed by atoms with Crippen LogP contribution >= 0.6 is 11.6 Å². The van der Waals surface area contributed by atoms with Gasteiger partial charge in [-0.1, -0.05) is 11.6 Å². The summed E-state index contributed by atoms with van der Waals surface area (Å²) < 4.78 is 5.30. The third-order valence-electron chi connectivity index (χ3n) is 3.95. The molecule has 0 radical (unpaired) electrons. The summed E-state index contributed by atoms with van der Waals surface area (Å²) in [5.74, 6) is 0.742. The quantitative estimate of drug-likeness (QED) is 0.571. The third-order valence-corrected chi connectivity index (χ3v) is 4.50. The van der Waals surface area contributed by atoms with Gasteiger partial charge in [0.15, 0.2) is 17.1 Å². The first-order valence-electron chi connectivity index (χ1n) is 7.26. The molecule has 0 aliphatic rings. The van der Waals surface area contributed by atoms with Gasteiger partial charge in [0.05, 0.1) is 28.0 Å². The number of hydrogen-bond donors (Lipinski definition) is 0. The second-order valence-electron chi connectivity index (χ2n) is 5.50. The molecule has 118 valence electrons. The Balaban J connectivity index is 1.67. The Morgan fingerprint density at radius 2 is 2.00 bits per heavy atom. The Morgan fingerprint density at radius 1 is 1.17 bits per heavy atom. The number of aryl methyl sites for hydroxylation is 4. The first-order chi connectivity index (χ1) is 11.0. The summed E-state index contributed by atoms with van der Waals surface area (Å²) in [4.78, 5) is 8.97. The molecule has 0 bridgehead atoms. The molecule has 4 rings (SSSR count). The molecule has 0 unspecified atom stereocenters. The highest BCUT2D eigenvalue weighted by Gasteiger charge is 2.13. The SMILES string of the molecule is Cc1nn(CCc2nc3c4cnn(C)c4ncn3n2)c(C)c1Cl. The van der Waals surface area contributed by atoms with Gasteiger partial charge in [-0.3, -0.25) is 9.36 Å². The molecule has 0 atom stereocenters. The molecule has 0 N–H and O–H groups in total. The molecule has 0 saturated heterocycles. The zero-order valence-electron chi connectivity index (χ0n) is 13.0. The maximum absolute atomic E-state index is 6.18. The molecule has 0 spiro atoms. The van der Waals surface area contributed by atoms with E-state index in [0.29, 0.717) is 18.0 Å². The summed E-state index contributed by atoms with van der Waals surface area (Å²) in [7, 11) is 1.86. The minimum absolute atomic E-state index is 0.668. The van der Waals surface area contributed by atoms with E-state index in [1.807, 2.05) is 25.6 Å². The average molecular weight is 331 g/mol. The van der Waals surface area contributed by atoms with E-state index >= 15 is 0 Å². The lowest BCUT2D eigenvalue weighted by Crippen LogP contribution is -2.06. The molecule has 0 aliphatic carbocycles. The second kappa shape index (κ2) is 5.02. The van der Waals surface area contributed by atoms with Crippen LogP contribution in [-0.4, -0.2) is 39.1 Å². The predicted molar refractivity (Wildman–Crippen MR) is 85.5 cm³/mol. The fraction of sp³-hybridized carbons (Fsp3) is 0.357. The monoisotopic (exact) mass is 330 g/mol. The van der Waals surface area contributed by atoms with Crippen molar-refractivity contribution in [1.29, 1.82) is 0 Å². The van der Waals surface area contributed by atoms with Crippen LogP contribution in [0.15, 0.2) is 12.5 Å². The first kappa shape index (κ1) is 14.1. The van der Waals surface area contributed by atoms with Gasteiger partial charge >= 0.3 is 0 Å². The fourth-order valence-corrected chi connectivity index (χ4v) is 2.82. The molecule has 0 aliphatic heterocycles. The standard InChI is InChI=1S/C14H15ClN8/c1-8-12(15)9(2)22(19-8)5-4-11-18-14-10-6-17-21(3)13(10)16-7-23(14)20-11/h6-7H,4-5H2,1-3H3. The van der Waals surface area contributed by atoms with Crippen LogP contribution in [0.1, 0.15) is 17.2 Å². The smallest absolute Gasteiger partial charge is 0.170 e. The normalized spacial score (nSPS) is 11.8. The minimum atomic E-state index is 0.668. The van der Waals surface area contributed by atoms with Gasteiger partial charge in [-0.05, 0) is 13.8 Å². The molecule has 9 heteroatoms. The lowest BCUT2D eigenvalue weighted by atomic mass is 10.3. The number of fused-ring (bicyclic) bond motifs is 3. The van der Waals surface area contributed by atoms with Crippen molar-refractivity contribution in [2.45, 2.75) is 26.8 Å². The molecular formula is C14H15ClN8. The Morgan fingerprint density at radius 3 is 2.74 bits per heavy atom. The summed E-state index contributed by atoms with van der Waals surface area (Å²) in [6.07, 6.45) is 4.09. The summed E-state index contributed by atoms with van der Waals surface area (Å²) in [5.41, 5.74) is 3.36. The summed E-state index contributed by atoms with van der Waals surface area (Å²) in [6, 6.07) is 0. The molecule has 8 nitrogen and oxygen atoms in total. The average Bonchev–Trinajstić information content (AvgIpc) is 3.18. The fourth-order valence-electron chi connectivity index (χ4n) is 2.69. The molecule has 0 aromatic carbocycles. The minimum Gasteiger partial charge on any atom is -0.268 e. The largest absolute Gasteiger partial charge is 0.268 e. The van der Waals surface area contributed by atoms with Crippen molar-refractivity contribution in [2.24, 2.45) is 7.05 Å².